The lowest BCUT2D eigenvalue weighted by Crippen LogP contribution is -2.41. The van der Waals surface area contributed by atoms with Gasteiger partial charge in [0, 0.05) is 34.5 Å². The molecule has 0 atom stereocenters. The van der Waals surface area contributed by atoms with Crippen LogP contribution in [0.15, 0.2) is 166 Å². The zero-order valence-electron chi connectivity index (χ0n) is 23.4. The minimum atomic E-state index is -0.0726. The Morgan fingerprint density at radius 3 is 1.00 bits per heavy atom. The first kappa shape index (κ1) is 23.8. The maximum atomic E-state index is 3.67. The second kappa shape index (κ2) is 8.22. The number of hydrogen-bond acceptors (Lipinski definition) is 0. The van der Waals surface area contributed by atoms with Crippen LogP contribution in [0.3, 0.4) is 0 Å². The smallest absolute Gasteiger partial charge is 0.0346 e. The molecule has 40 heavy (non-hydrogen) atoms. The van der Waals surface area contributed by atoms with Gasteiger partial charge in [-0.25, -0.2) is 0 Å². The summed E-state index contributed by atoms with van der Waals surface area (Å²) in [6, 6.07) is 0. The van der Waals surface area contributed by atoms with Crippen molar-refractivity contribution in [2.24, 2.45) is 21.7 Å². The van der Waals surface area contributed by atoms with Crippen molar-refractivity contribution in [1.29, 1.82) is 0 Å². The Balaban J connectivity index is 1.08. The molecule has 8 aliphatic rings. The molecule has 0 amide bonds. The Morgan fingerprint density at radius 2 is 0.700 bits per heavy atom. The van der Waals surface area contributed by atoms with Crippen molar-refractivity contribution in [2.45, 2.75) is 39.5 Å². The molecule has 0 aliphatic heterocycles. The number of hydrogen-bond donors (Lipinski definition) is 0. The summed E-state index contributed by atoms with van der Waals surface area (Å²) in [5.41, 5.74) is 11.0. The highest BCUT2D eigenvalue weighted by atomic mass is 14.6. The third-order valence-electron chi connectivity index (χ3n) is 11.3. The van der Waals surface area contributed by atoms with Crippen molar-refractivity contribution in [2.75, 3.05) is 0 Å². The number of rotatable bonds is 4. The van der Waals surface area contributed by atoms with Crippen molar-refractivity contribution >= 4 is 0 Å². The molecule has 0 unspecified atom stereocenters. The fourth-order valence-corrected chi connectivity index (χ4v) is 9.22. The summed E-state index contributed by atoms with van der Waals surface area (Å²) in [6.45, 7) is 4.90. The summed E-state index contributed by atoms with van der Waals surface area (Å²) in [5.74, 6) is 7.34. The Morgan fingerprint density at radius 1 is 0.400 bits per heavy atom. The van der Waals surface area contributed by atoms with Crippen LogP contribution in [-0.4, -0.2) is 0 Å². The predicted molar refractivity (Wildman–Crippen MR) is 167 cm³/mol. The second-order valence-corrected chi connectivity index (χ2v) is 12.5. The van der Waals surface area contributed by atoms with Gasteiger partial charge in [-0.1, -0.05) is 135 Å². The molecule has 0 radical (unpaired) electrons. The quantitative estimate of drug-likeness (QED) is 0.328. The molecule has 8 aliphatic carbocycles. The lowest BCUT2D eigenvalue weighted by molar-refractivity contribution is 0.232. The van der Waals surface area contributed by atoms with Crippen LogP contribution in [0.25, 0.3) is 0 Å². The SMILES string of the molecule is CC12C3=CC=C1C=CC=C1C=CC(=CC=C3)C12CCC#CCCC12C3=CC=CC4=CC=C(C=CC=C1C=C3)C42C. The molecule has 0 N–H and O–H groups in total. The molecule has 194 valence electrons. The van der Waals surface area contributed by atoms with Crippen molar-refractivity contribution in [3.63, 3.8) is 0 Å². The predicted octanol–water partition coefficient (Wildman–Crippen LogP) is 9.39. The van der Waals surface area contributed by atoms with E-state index in [-0.39, 0.29) is 21.7 Å². The van der Waals surface area contributed by atoms with Crippen molar-refractivity contribution in [3.8, 4) is 11.8 Å². The van der Waals surface area contributed by atoms with Gasteiger partial charge in [0.1, 0.15) is 0 Å². The lowest BCUT2D eigenvalue weighted by Gasteiger charge is -2.48. The van der Waals surface area contributed by atoms with E-state index in [0.29, 0.717) is 0 Å². The highest BCUT2D eigenvalue weighted by Crippen LogP contribution is 2.68. The van der Waals surface area contributed by atoms with Crippen LogP contribution in [0.2, 0.25) is 0 Å². The molecule has 0 heterocycles. The van der Waals surface area contributed by atoms with Crippen LogP contribution < -0.4 is 0 Å². The second-order valence-electron chi connectivity index (χ2n) is 12.5. The van der Waals surface area contributed by atoms with E-state index in [1.807, 2.05) is 0 Å². The van der Waals surface area contributed by atoms with Crippen molar-refractivity contribution < 1.29 is 0 Å². The molecule has 8 rings (SSSR count). The summed E-state index contributed by atoms with van der Waals surface area (Å²) in [5, 5.41) is 0. The fourth-order valence-electron chi connectivity index (χ4n) is 9.22. The van der Waals surface area contributed by atoms with Gasteiger partial charge in [-0.05, 0) is 57.4 Å². The van der Waals surface area contributed by atoms with E-state index in [1.165, 1.54) is 44.6 Å². The van der Waals surface area contributed by atoms with Crippen LogP contribution in [-0.2, 0) is 0 Å². The van der Waals surface area contributed by atoms with Crippen LogP contribution in [0, 0.1) is 33.5 Å². The molecule has 0 heteroatoms. The normalized spacial score (nSPS) is 36.0. The molecule has 0 aromatic rings. The van der Waals surface area contributed by atoms with Gasteiger partial charge in [0.15, 0.2) is 0 Å². The third kappa shape index (κ3) is 2.69. The summed E-state index contributed by atoms with van der Waals surface area (Å²) in [7, 11) is 0. The Bertz CT molecular complexity index is 1520. The van der Waals surface area contributed by atoms with Gasteiger partial charge in [-0.15, -0.1) is 11.8 Å². The molecular weight excluding hydrogens is 480 g/mol. The summed E-state index contributed by atoms with van der Waals surface area (Å²) < 4.78 is 0. The van der Waals surface area contributed by atoms with E-state index in [2.05, 4.69) is 147 Å². The van der Waals surface area contributed by atoms with Crippen LogP contribution >= 0.6 is 0 Å². The molecule has 0 fully saturated rings. The average Bonchev–Trinajstić information content (AvgIpc) is 3.60. The standard InChI is InChI=1S/C40H34/c1-37-29-11-7-15-33-23-24-34(16-8-12-30(37)20-19-29)39(33,37)27-5-3-4-6-28-40-35-17-9-13-31-21-22-32(38(31,40)2)14-10-18-36(40)26-25-35/h7-26H,5-6,27-28H2,1-2H3. The zero-order chi connectivity index (χ0) is 27.0. The molecular formula is C40H34. The highest BCUT2D eigenvalue weighted by molar-refractivity contribution is 5.68. The van der Waals surface area contributed by atoms with Gasteiger partial charge in [-0.3, -0.25) is 0 Å². The van der Waals surface area contributed by atoms with Gasteiger partial charge in [-0.2, -0.15) is 0 Å². The van der Waals surface area contributed by atoms with E-state index in [9.17, 15) is 0 Å². The molecule has 0 aromatic carbocycles. The minimum Gasteiger partial charge on any atom is -0.103 e. The fraction of sp³-hybridized carbons (Fsp3) is 0.250. The Hall–Kier alpha value is -4.08. The van der Waals surface area contributed by atoms with Crippen molar-refractivity contribution in [1.82, 2.24) is 0 Å². The van der Waals surface area contributed by atoms with Crippen molar-refractivity contribution in [3.05, 3.63) is 166 Å². The summed E-state index contributed by atoms with van der Waals surface area (Å²) >= 11 is 0. The molecule has 0 aromatic heterocycles. The van der Waals surface area contributed by atoms with Gasteiger partial charge in [0.25, 0.3) is 0 Å². The Kier molecular flexibility index (Phi) is 4.89. The zero-order valence-corrected chi connectivity index (χ0v) is 23.4. The highest BCUT2D eigenvalue weighted by Gasteiger charge is 2.59. The third-order valence-corrected chi connectivity index (χ3v) is 11.3. The van der Waals surface area contributed by atoms with Crippen LogP contribution in [0.1, 0.15) is 39.5 Å². The average molecular weight is 515 g/mol. The maximum Gasteiger partial charge on any atom is 0.0346 e. The van der Waals surface area contributed by atoms with E-state index in [1.54, 1.807) is 0 Å². The van der Waals surface area contributed by atoms with Crippen LogP contribution in [0.4, 0.5) is 0 Å². The molecule has 0 saturated heterocycles. The van der Waals surface area contributed by atoms with Gasteiger partial charge >= 0.3 is 0 Å². The number of allylic oxidation sites excluding steroid dienone is 28. The molecule has 0 nitrogen and oxygen atoms in total. The van der Waals surface area contributed by atoms with E-state index in [4.69, 9.17) is 0 Å². The van der Waals surface area contributed by atoms with E-state index in [0.717, 1.165) is 25.7 Å². The lowest BCUT2D eigenvalue weighted by atomic mass is 9.53. The molecule has 0 bridgehead atoms. The molecule has 0 spiro atoms. The Labute approximate surface area is 238 Å². The summed E-state index contributed by atoms with van der Waals surface area (Å²) in [6.07, 6.45) is 50.0. The molecule has 0 saturated carbocycles. The first-order valence-electron chi connectivity index (χ1n) is 14.8. The topological polar surface area (TPSA) is 0 Å². The monoisotopic (exact) mass is 514 g/mol. The minimum absolute atomic E-state index is 0.0676. The van der Waals surface area contributed by atoms with Crippen LogP contribution in [0.5, 0.6) is 0 Å². The van der Waals surface area contributed by atoms with Gasteiger partial charge < -0.3 is 0 Å². The first-order chi connectivity index (χ1) is 19.5. The van der Waals surface area contributed by atoms with Gasteiger partial charge in [0.05, 0.1) is 0 Å². The largest absolute Gasteiger partial charge is 0.103 e. The maximum absolute atomic E-state index is 3.67. The first-order valence-corrected chi connectivity index (χ1v) is 14.8. The summed E-state index contributed by atoms with van der Waals surface area (Å²) in [4.78, 5) is 0. The van der Waals surface area contributed by atoms with Gasteiger partial charge in [0.2, 0.25) is 0 Å². The van der Waals surface area contributed by atoms with E-state index < -0.39 is 0 Å². The van der Waals surface area contributed by atoms with E-state index >= 15 is 0 Å².